The van der Waals surface area contributed by atoms with Crippen molar-refractivity contribution >= 4 is 48.5 Å². The van der Waals surface area contributed by atoms with E-state index in [2.05, 4.69) is 70.2 Å². The molecule has 1 aliphatic heterocycles. The van der Waals surface area contributed by atoms with Crippen LogP contribution >= 0.6 is 0 Å². The number of benzene rings is 5. The summed E-state index contributed by atoms with van der Waals surface area (Å²) in [4.78, 5) is 4.63. The average molecular weight is 579 g/mol. The van der Waals surface area contributed by atoms with Gasteiger partial charge in [0.2, 0.25) is 0 Å². The van der Waals surface area contributed by atoms with Crippen LogP contribution in [-0.4, -0.2) is 23.0 Å². The Labute approximate surface area is 233 Å². The van der Waals surface area contributed by atoms with Gasteiger partial charge in [-0.05, 0) is 0 Å². The molecule has 190 valence electrons. The molecule has 2 aromatic heterocycles. The zero-order valence-electron chi connectivity index (χ0n) is 21.4. The SMILES string of the molecule is O=[As]1(c2cccc(Oc3cccc(-n4c5ccccc5c5ccccc54)c3)c2)c2ccccc2-c2cccnc21. The molecule has 1 atom stereocenters. The molecule has 1 unspecified atom stereocenters. The summed E-state index contributed by atoms with van der Waals surface area (Å²) < 4.78 is 25.9. The van der Waals surface area contributed by atoms with Gasteiger partial charge in [-0.2, -0.15) is 0 Å². The van der Waals surface area contributed by atoms with Crippen molar-refractivity contribution in [1.82, 2.24) is 9.55 Å². The van der Waals surface area contributed by atoms with Gasteiger partial charge in [-0.3, -0.25) is 0 Å². The molecule has 5 aromatic carbocycles. The first-order valence-electron chi connectivity index (χ1n) is 13.2. The topological polar surface area (TPSA) is 44.1 Å². The van der Waals surface area contributed by atoms with Gasteiger partial charge >= 0.3 is 234 Å². The molecule has 0 spiro atoms. The summed E-state index contributed by atoms with van der Waals surface area (Å²) >= 11 is -3.96. The van der Waals surface area contributed by atoms with Crippen molar-refractivity contribution < 1.29 is 8.48 Å². The number of para-hydroxylation sites is 2. The molecule has 1 aliphatic rings. The van der Waals surface area contributed by atoms with Gasteiger partial charge in [0.15, 0.2) is 0 Å². The quantitative estimate of drug-likeness (QED) is 0.229. The number of fused-ring (bicyclic) bond motifs is 6. The predicted molar refractivity (Wildman–Crippen MR) is 162 cm³/mol. The molecule has 7 aromatic rings. The Morgan fingerprint density at radius 1 is 0.600 bits per heavy atom. The van der Waals surface area contributed by atoms with E-state index in [9.17, 15) is 3.74 Å². The number of pyridine rings is 1. The van der Waals surface area contributed by atoms with Crippen molar-refractivity contribution in [2.24, 2.45) is 0 Å². The molecular formula is C35H23AsN2O2. The first kappa shape index (κ1) is 23.1. The Bertz CT molecular complexity index is 2040. The first-order valence-corrected chi connectivity index (χ1v) is 16.8. The van der Waals surface area contributed by atoms with Crippen molar-refractivity contribution in [3.8, 4) is 28.3 Å². The maximum absolute atomic E-state index is 14.9. The Balaban J connectivity index is 1.21. The molecule has 0 radical (unpaired) electrons. The van der Waals surface area contributed by atoms with E-state index in [4.69, 9.17) is 4.74 Å². The van der Waals surface area contributed by atoms with E-state index in [1.165, 1.54) is 10.8 Å². The summed E-state index contributed by atoms with van der Waals surface area (Å²) in [7, 11) is 0. The fourth-order valence-corrected chi connectivity index (χ4v) is 12.2. The van der Waals surface area contributed by atoms with E-state index < -0.39 is 13.5 Å². The van der Waals surface area contributed by atoms with E-state index in [0.29, 0.717) is 16.0 Å². The monoisotopic (exact) mass is 578 g/mol. The molecule has 0 bridgehead atoms. The van der Waals surface area contributed by atoms with Gasteiger partial charge in [0.05, 0.1) is 0 Å². The second kappa shape index (κ2) is 8.87. The molecule has 4 nitrogen and oxygen atoms in total. The van der Waals surface area contributed by atoms with Crippen LogP contribution in [0.4, 0.5) is 0 Å². The zero-order chi connectivity index (χ0) is 26.7. The van der Waals surface area contributed by atoms with Crippen LogP contribution in [0.25, 0.3) is 38.6 Å². The second-order valence-electron chi connectivity index (χ2n) is 9.97. The fourth-order valence-electron chi connectivity index (χ4n) is 5.98. The van der Waals surface area contributed by atoms with Crippen LogP contribution in [0, 0.1) is 0 Å². The summed E-state index contributed by atoms with van der Waals surface area (Å²) in [6.07, 6.45) is 1.74. The van der Waals surface area contributed by atoms with Crippen molar-refractivity contribution in [2.75, 3.05) is 0 Å². The number of rotatable bonds is 4. The van der Waals surface area contributed by atoms with Crippen molar-refractivity contribution in [1.29, 1.82) is 0 Å². The van der Waals surface area contributed by atoms with Gasteiger partial charge < -0.3 is 0 Å². The van der Waals surface area contributed by atoms with Crippen molar-refractivity contribution in [3.05, 3.63) is 140 Å². The van der Waals surface area contributed by atoms with Crippen LogP contribution in [0.5, 0.6) is 11.5 Å². The molecule has 0 N–H and O–H groups in total. The third-order valence-electron chi connectivity index (χ3n) is 7.69. The summed E-state index contributed by atoms with van der Waals surface area (Å²) in [6, 6.07) is 44.7. The standard InChI is InChI=1S/C35H23AsN2O2/c39-36(32-18-4-1-14-28(32)31-17-9-21-37-35(31)36)24-10-7-12-26(22-24)40-27-13-8-11-25(23-27)38-33-19-5-2-15-29(33)30-16-3-6-20-34(30)38/h1-23H. The molecule has 0 saturated carbocycles. The molecule has 0 amide bonds. The third kappa shape index (κ3) is 3.36. The minimum atomic E-state index is -3.96. The molecule has 0 fully saturated rings. The summed E-state index contributed by atoms with van der Waals surface area (Å²) in [5.41, 5.74) is 5.29. The van der Waals surface area contributed by atoms with E-state index in [1.54, 1.807) is 6.20 Å². The Morgan fingerprint density at radius 2 is 1.25 bits per heavy atom. The van der Waals surface area contributed by atoms with Crippen LogP contribution in [0.3, 0.4) is 0 Å². The Kier molecular flexibility index (Phi) is 5.13. The second-order valence-corrected chi connectivity index (χ2v) is 15.5. The van der Waals surface area contributed by atoms with Crippen molar-refractivity contribution in [2.45, 2.75) is 0 Å². The number of aromatic nitrogens is 2. The third-order valence-corrected chi connectivity index (χ3v) is 14.0. The fraction of sp³-hybridized carbons (Fsp3) is 0. The average Bonchev–Trinajstić information content (AvgIpc) is 3.49. The normalized spacial score (nSPS) is 15.7. The van der Waals surface area contributed by atoms with Gasteiger partial charge in [-0.1, -0.05) is 0 Å². The molecule has 0 saturated heterocycles. The molecule has 0 aliphatic carbocycles. The van der Waals surface area contributed by atoms with Gasteiger partial charge in [0, 0.05) is 0 Å². The van der Waals surface area contributed by atoms with Crippen LogP contribution < -0.4 is 17.9 Å². The van der Waals surface area contributed by atoms with E-state index in [-0.39, 0.29) is 0 Å². The van der Waals surface area contributed by atoms with Crippen LogP contribution in [0.1, 0.15) is 0 Å². The number of ether oxygens (including phenoxy) is 1. The number of nitrogens with zero attached hydrogens (tertiary/aromatic N) is 2. The Morgan fingerprint density at radius 3 is 2.05 bits per heavy atom. The Hall–Kier alpha value is -4.79. The predicted octanol–water partition coefficient (Wildman–Crippen LogP) is 6.35. The van der Waals surface area contributed by atoms with Crippen LogP contribution in [0.15, 0.2) is 140 Å². The van der Waals surface area contributed by atoms with E-state index >= 15 is 0 Å². The molecule has 5 heteroatoms. The molecule has 8 rings (SSSR count). The molecule has 40 heavy (non-hydrogen) atoms. The summed E-state index contributed by atoms with van der Waals surface area (Å²) in [5, 5.41) is 2.43. The number of hydrogen-bond acceptors (Lipinski definition) is 3. The first-order chi connectivity index (χ1) is 19.7. The molecular weight excluding hydrogens is 555 g/mol. The van der Waals surface area contributed by atoms with E-state index in [0.717, 1.165) is 36.6 Å². The van der Waals surface area contributed by atoms with Gasteiger partial charge in [0.1, 0.15) is 0 Å². The van der Waals surface area contributed by atoms with Crippen molar-refractivity contribution in [3.63, 3.8) is 0 Å². The van der Waals surface area contributed by atoms with Gasteiger partial charge in [0.25, 0.3) is 0 Å². The zero-order valence-corrected chi connectivity index (χ0v) is 23.3. The van der Waals surface area contributed by atoms with Gasteiger partial charge in [-0.15, -0.1) is 0 Å². The van der Waals surface area contributed by atoms with Gasteiger partial charge in [-0.25, -0.2) is 0 Å². The summed E-state index contributed by atoms with van der Waals surface area (Å²) in [6.45, 7) is 0. The summed E-state index contributed by atoms with van der Waals surface area (Å²) in [5.74, 6) is 1.36. The van der Waals surface area contributed by atoms with Crippen LogP contribution in [0.2, 0.25) is 0 Å². The molecule has 3 heterocycles. The maximum atomic E-state index is 14.9. The minimum absolute atomic E-state index is 0.648. The number of hydrogen-bond donors (Lipinski definition) is 0. The van der Waals surface area contributed by atoms with Crippen LogP contribution in [-0.2, 0) is 3.74 Å². The van der Waals surface area contributed by atoms with E-state index in [1.807, 2.05) is 72.8 Å².